The zero-order valence-corrected chi connectivity index (χ0v) is 20.5. The fraction of sp³-hybridized carbons (Fsp3) is 0. The molecule has 3 nitrogen and oxygen atoms in total. The summed E-state index contributed by atoms with van der Waals surface area (Å²) in [7, 11) is 0. The van der Waals surface area contributed by atoms with Crippen LogP contribution in [-0.2, 0) is 0 Å². The number of nitrogens with zero attached hydrogens (tertiary/aromatic N) is 3. The lowest BCUT2D eigenvalue weighted by atomic mass is 9.98. The van der Waals surface area contributed by atoms with Crippen molar-refractivity contribution < 1.29 is 0 Å². The molecule has 176 valence electrons. The summed E-state index contributed by atoms with van der Waals surface area (Å²) in [5.74, 6) is 0.933. The molecule has 2 heterocycles. The van der Waals surface area contributed by atoms with Crippen LogP contribution in [-0.4, -0.2) is 14.0 Å². The molecule has 9 aromatic rings. The average Bonchev–Trinajstić information content (AvgIpc) is 3.52. The second kappa shape index (κ2) is 7.21. The SMILES string of the molecule is c1ccc2c(c1)cc(-n1c3c4ccccc4c4ccccc4c3n3c4ccccc4nc13)c1ccccc12. The molecule has 9 rings (SSSR count). The third-order valence-corrected chi connectivity index (χ3v) is 8.06. The van der Waals surface area contributed by atoms with Gasteiger partial charge < -0.3 is 0 Å². The van der Waals surface area contributed by atoms with E-state index in [1.165, 1.54) is 54.1 Å². The van der Waals surface area contributed by atoms with E-state index in [0.29, 0.717) is 0 Å². The highest BCUT2D eigenvalue weighted by Crippen LogP contribution is 2.41. The first-order valence-corrected chi connectivity index (χ1v) is 13.0. The standard InChI is InChI=1S/C35H21N3/c1-2-12-23-22(11-1)21-32(27-16-6-3-13-24(23)27)38-34-29-18-8-5-15-26(29)25-14-4-7-17-28(25)33(34)37-31-20-10-9-19-30(31)36-35(37)38/h1-21H. The molecule has 0 saturated carbocycles. The Balaban J connectivity index is 1.64. The number of benzene rings is 7. The number of rotatable bonds is 1. The van der Waals surface area contributed by atoms with Gasteiger partial charge in [-0.3, -0.25) is 8.97 Å². The molecule has 0 atom stereocenters. The van der Waals surface area contributed by atoms with Crippen LogP contribution < -0.4 is 0 Å². The van der Waals surface area contributed by atoms with Gasteiger partial charge in [-0.2, -0.15) is 0 Å². The third kappa shape index (κ3) is 2.45. The van der Waals surface area contributed by atoms with Gasteiger partial charge in [-0.05, 0) is 45.1 Å². The number of para-hydroxylation sites is 2. The molecule has 2 aromatic heterocycles. The lowest BCUT2D eigenvalue weighted by molar-refractivity contribution is 1.13. The van der Waals surface area contributed by atoms with E-state index in [1.807, 2.05) is 0 Å². The molecule has 0 aliphatic carbocycles. The summed E-state index contributed by atoms with van der Waals surface area (Å²) in [5, 5.41) is 9.94. The summed E-state index contributed by atoms with van der Waals surface area (Å²) in [6.45, 7) is 0. The molecule has 0 bridgehead atoms. The van der Waals surface area contributed by atoms with Gasteiger partial charge in [0.1, 0.15) is 0 Å². The molecule has 0 amide bonds. The van der Waals surface area contributed by atoms with Crippen LogP contribution in [0.1, 0.15) is 0 Å². The lowest BCUT2D eigenvalue weighted by Crippen LogP contribution is -1.98. The fourth-order valence-electron chi connectivity index (χ4n) is 6.49. The molecule has 0 unspecified atom stereocenters. The van der Waals surface area contributed by atoms with E-state index in [4.69, 9.17) is 4.98 Å². The van der Waals surface area contributed by atoms with Crippen molar-refractivity contribution in [1.82, 2.24) is 14.0 Å². The summed E-state index contributed by atoms with van der Waals surface area (Å²) >= 11 is 0. The van der Waals surface area contributed by atoms with Crippen LogP contribution in [0.5, 0.6) is 0 Å². The third-order valence-electron chi connectivity index (χ3n) is 8.06. The van der Waals surface area contributed by atoms with E-state index in [0.717, 1.165) is 22.5 Å². The van der Waals surface area contributed by atoms with E-state index in [2.05, 4.69) is 136 Å². The van der Waals surface area contributed by atoms with Gasteiger partial charge in [0.15, 0.2) is 0 Å². The molecule has 0 fully saturated rings. The van der Waals surface area contributed by atoms with Crippen LogP contribution in [0.4, 0.5) is 0 Å². The maximum atomic E-state index is 5.26. The van der Waals surface area contributed by atoms with Crippen molar-refractivity contribution >= 4 is 70.9 Å². The Morgan fingerprint density at radius 1 is 0.447 bits per heavy atom. The first kappa shape index (κ1) is 20.0. The maximum absolute atomic E-state index is 5.26. The summed E-state index contributed by atoms with van der Waals surface area (Å²) < 4.78 is 4.77. The van der Waals surface area contributed by atoms with Gasteiger partial charge in [0.05, 0.1) is 27.8 Å². The van der Waals surface area contributed by atoms with Crippen molar-refractivity contribution in [3.63, 3.8) is 0 Å². The second-order valence-corrected chi connectivity index (χ2v) is 10.0. The highest BCUT2D eigenvalue weighted by Gasteiger charge is 2.23. The van der Waals surface area contributed by atoms with E-state index >= 15 is 0 Å². The van der Waals surface area contributed by atoms with Gasteiger partial charge >= 0.3 is 0 Å². The van der Waals surface area contributed by atoms with Crippen LogP contribution in [0.2, 0.25) is 0 Å². The first-order chi connectivity index (χ1) is 18.9. The molecule has 7 aromatic carbocycles. The van der Waals surface area contributed by atoms with Gasteiger partial charge in [-0.1, -0.05) is 109 Å². The van der Waals surface area contributed by atoms with Gasteiger partial charge in [-0.25, -0.2) is 4.98 Å². The highest BCUT2D eigenvalue weighted by atomic mass is 15.2. The van der Waals surface area contributed by atoms with Crippen LogP contribution in [0, 0.1) is 0 Å². The molecular formula is C35H21N3. The minimum atomic E-state index is 0.933. The first-order valence-electron chi connectivity index (χ1n) is 13.0. The summed E-state index contributed by atoms with van der Waals surface area (Å²) in [5.41, 5.74) is 5.65. The zero-order chi connectivity index (χ0) is 24.8. The molecule has 38 heavy (non-hydrogen) atoms. The smallest absolute Gasteiger partial charge is 0.220 e. The van der Waals surface area contributed by atoms with Gasteiger partial charge in [0.25, 0.3) is 0 Å². The quantitative estimate of drug-likeness (QED) is 0.214. The zero-order valence-electron chi connectivity index (χ0n) is 20.5. The topological polar surface area (TPSA) is 22.2 Å². The number of aromatic nitrogens is 3. The maximum Gasteiger partial charge on any atom is 0.220 e. The Kier molecular flexibility index (Phi) is 3.79. The number of hydrogen-bond acceptors (Lipinski definition) is 1. The van der Waals surface area contributed by atoms with Crippen LogP contribution in [0.3, 0.4) is 0 Å². The minimum Gasteiger partial charge on any atom is -0.277 e. The molecule has 0 spiro atoms. The highest BCUT2D eigenvalue weighted by molar-refractivity contribution is 6.25. The van der Waals surface area contributed by atoms with Crippen LogP contribution >= 0.6 is 0 Å². The molecule has 0 aliphatic heterocycles. The number of imidazole rings is 2. The number of fused-ring (bicyclic) bond motifs is 13. The molecular weight excluding hydrogens is 462 g/mol. The van der Waals surface area contributed by atoms with Crippen LogP contribution in [0.15, 0.2) is 127 Å². The van der Waals surface area contributed by atoms with Crippen molar-refractivity contribution in [1.29, 1.82) is 0 Å². The largest absolute Gasteiger partial charge is 0.277 e. The summed E-state index contributed by atoms with van der Waals surface area (Å²) in [6.07, 6.45) is 0. The summed E-state index contributed by atoms with van der Waals surface area (Å²) in [4.78, 5) is 5.26. The Morgan fingerprint density at radius 2 is 0.974 bits per heavy atom. The van der Waals surface area contributed by atoms with Gasteiger partial charge in [0, 0.05) is 16.2 Å². The minimum absolute atomic E-state index is 0.933. The number of hydrogen-bond donors (Lipinski definition) is 0. The molecule has 0 radical (unpaired) electrons. The van der Waals surface area contributed by atoms with E-state index in [-0.39, 0.29) is 0 Å². The Hall–Kier alpha value is -5.15. The van der Waals surface area contributed by atoms with Crippen molar-refractivity contribution in [2.75, 3.05) is 0 Å². The normalized spacial score (nSPS) is 12.2. The van der Waals surface area contributed by atoms with E-state index in [1.54, 1.807) is 0 Å². The predicted octanol–water partition coefficient (Wildman–Crippen LogP) is 9.04. The van der Waals surface area contributed by atoms with Crippen molar-refractivity contribution in [2.45, 2.75) is 0 Å². The Morgan fingerprint density at radius 3 is 1.71 bits per heavy atom. The molecule has 0 saturated heterocycles. The van der Waals surface area contributed by atoms with E-state index < -0.39 is 0 Å². The second-order valence-electron chi connectivity index (χ2n) is 10.0. The lowest BCUT2D eigenvalue weighted by Gasteiger charge is -2.14. The Bertz CT molecular complexity index is 2410. The van der Waals surface area contributed by atoms with Gasteiger partial charge in [-0.15, -0.1) is 0 Å². The van der Waals surface area contributed by atoms with Crippen molar-refractivity contribution in [2.24, 2.45) is 0 Å². The molecule has 0 aliphatic rings. The Labute approximate surface area is 217 Å². The van der Waals surface area contributed by atoms with Crippen molar-refractivity contribution in [3.05, 3.63) is 127 Å². The average molecular weight is 484 g/mol. The van der Waals surface area contributed by atoms with Crippen molar-refractivity contribution in [3.8, 4) is 5.69 Å². The molecule has 0 N–H and O–H groups in total. The predicted molar refractivity (Wildman–Crippen MR) is 160 cm³/mol. The molecule has 3 heteroatoms. The fourth-order valence-corrected chi connectivity index (χ4v) is 6.49. The van der Waals surface area contributed by atoms with Crippen LogP contribution in [0.25, 0.3) is 76.6 Å². The van der Waals surface area contributed by atoms with Gasteiger partial charge in [0.2, 0.25) is 5.78 Å². The summed E-state index contributed by atoms with van der Waals surface area (Å²) in [6, 6.07) is 45.8. The van der Waals surface area contributed by atoms with E-state index in [9.17, 15) is 0 Å². The monoisotopic (exact) mass is 483 g/mol.